The van der Waals surface area contributed by atoms with E-state index in [2.05, 4.69) is 14.1 Å². The second-order valence-corrected chi connectivity index (χ2v) is 6.81. The van der Waals surface area contributed by atoms with Crippen LogP contribution in [0.3, 0.4) is 0 Å². The van der Waals surface area contributed by atoms with E-state index < -0.39 is 9.84 Å². The van der Waals surface area contributed by atoms with Gasteiger partial charge in [-0.2, -0.15) is 8.75 Å². The molecular formula is C9H10ClN3O2S2. The van der Waals surface area contributed by atoms with Gasteiger partial charge in [-0.3, -0.25) is 0 Å². The van der Waals surface area contributed by atoms with Crippen LogP contribution >= 0.6 is 23.3 Å². The molecule has 1 aromatic carbocycles. The molecule has 0 aliphatic heterocycles. The summed E-state index contributed by atoms with van der Waals surface area (Å²) in [7, 11) is -2.99. The van der Waals surface area contributed by atoms with Crippen LogP contribution in [-0.4, -0.2) is 35.7 Å². The largest absolute Gasteiger partial charge is 0.381 e. The number of sulfone groups is 1. The Morgan fingerprint density at radius 3 is 2.88 bits per heavy atom. The minimum atomic E-state index is -2.99. The maximum atomic E-state index is 11.0. The van der Waals surface area contributed by atoms with E-state index in [1.165, 1.54) is 6.26 Å². The van der Waals surface area contributed by atoms with Gasteiger partial charge in [0.15, 0.2) is 0 Å². The zero-order chi connectivity index (χ0) is 12.5. The molecule has 92 valence electrons. The maximum Gasteiger partial charge on any atom is 0.149 e. The third kappa shape index (κ3) is 3.05. The van der Waals surface area contributed by atoms with E-state index in [0.29, 0.717) is 22.8 Å². The summed E-state index contributed by atoms with van der Waals surface area (Å²) >= 11 is 7.13. The van der Waals surface area contributed by atoms with Gasteiger partial charge in [0.25, 0.3) is 0 Å². The van der Waals surface area contributed by atoms with Crippen LogP contribution in [-0.2, 0) is 9.84 Å². The molecule has 0 saturated carbocycles. The highest BCUT2D eigenvalue weighted by Gasteiger charge is 2.10. The van der Waals surface area contributed by atoms with Gasteiger partial charge in [-0.1, -0.05) is 11.6 Å². The number of rotatable bonds is 4. The van der Waals surface area contributed by atoms with Crippen LogP contribution in [0.5, 0.6) is 0 Å². The number of aromatic nitrogens is 2. The molecule has 8 heteroatoms. The van der Waals surface area contributed by atoms with E-state index in [0.717, 1.165) is 17.2 Å². The van der Waals surface area contributed by atoms with Gasteiger partial charge in [-0.15, -0.1) is 0 Å². The van der Waals surface area contributed by atoms with Crippen LogP contribution in [0.2, 0.25) is 5.02 Å². The van der Waals surface area contributed by atoms with Gasteiger partial charge in [0.05, 0.1) is 28.2 Å². The summed E-state index contributed by atoms with van der Waals surface area (Å²) in [5, 5.41) is 3.50. The van der Waals surface area contributed by atoms with Crippen molar-refractivity contribution in [2.75, 3.05) is 23.9 Å². The molecular weight excluding hydrogens is 282 g/mol. The molecule has 1 N–H and O–H groups in total. The molecule has 17 heavy (non-hydrogen) atoms. The number of nitrogens with zero attached hydrogens (tertiary/aromatic N) is 2. The Hall–Kier alpha value is -0.920. The van der Waals surface area contributed by atoms with Crippen molar-refractivity contribution in [2.45, 2.75) is 0 Å². The topological polar surface area (TPSA) is 72.0 Å². The first-order valence-corrected chi connectivity index (χ1v) is 7.96. The summed E-state index contributed by atoms with van der Waals surface area (Å²) in [6.07, 6.45) is 1.20. The van der Waals surface area contributed by atoms with E-state index in [1.54, 1.807) is 12.1 Å². The third-order valence-corrected chi connectivity index (χ3v) is 3.95. The highest BCUT2D eigenvalue weighted by Crippen LogP contribution is 2.29. The Morgan fingerprint density at radius 1 is 1.41 bits per heavy atom. The predicted octanol–water partition coefficient (Wildman–Crippen LogP) is 1.80. The summed E-state index contributed by atoms with van der Waals surface area (Å²) in [6, 6.07) is 3.50. The Morgan fingerprint density at radius 2 is 2.18 bits per heavy atom. The van der Waals surface area contributed by atoms with Gasteiger partial charge in [0.1, 0.15) is 20.9 Å². The minimum absolute atomic E-state index is 0.0529. The average Bonchev–Trinajstić information content (AvgIpc) is 2.67. The average molecular weight is 292 g/mol. The predicted molar refractivity (Wildman–Crippen MR) is 70.6 cm³/mol. The number of hydrogen-bond acceptors (Lipinski definition) is 6. The monoisotopic (exact) mass is 291 g/mol. The molecule has 0 radical (unpaired) electrons. The minimum Gasteiger partial charge on any atom is -0.381 e. The molecule has 0 saturated heterocycles. The van der Waals surface area contributed by atoms with Crippen molar-refractivity contribution in [1.82, 2.24) is 8.75 Å². The molecule has 0 amide bonds. The Labute approximate surface area is 108 Å². The molecule has 5 nitrogen and oxygen atoms in total. The molecule has 0 spiro atoms. The van der Waals surface area contributed by atoms with Crippen LogP contribution in [0, 0.1) is 0 Å². The molecule has 0 aliphatic rings. The zero-order valence-corrected chi connectivity index (χ0v) is 11.4. The maximum absolute atomic E-state index is 11.0. The highest BCUT2D eigenvalue weighted by atomic mass is 35.5. The van der Waals surface area contributed by atoms with Crippen molar-refractivity contribution >= 4 is 49.9 Å². The fourth-order valence-electron chi connectivity index (χ4n) is 1.36. The SMILES string of the molecule is CS(=O)(=O)CCNc1c(Cl)ccc2nsnc12. The van der Waals surface area contributed by atoms with Crippen molar-refractivity contribution in [2.24, 2.45) is 0 Å². The van der Waals surface area contributed by atoms with E-state index >= 15 is 0 Å². The smallest absolute Gasteiger partial charge is 0.149 e. The Bertz CT molecular complexity index is 639. The summed E-state index contributed by atoms with van der Waals surface area (Å²) in [5.41, 5.74) is 2.07. The normalized spacial score (nSPS) is 11.9. The van der Waals surface area contributed by atoms with Gasteiger partial charge in [-0.05, 0) is 12.1 Å². The van der Waals surface area contributed by atoms with E-state index in [-0.39, 0.29) is 5.75 Å². The van der Waals surface area contributed by atoms with E-state index in [1.807, 2.05) is 0 Å². The lowest BCUT2D eigenvalue weighted by Gasteiger charge is -2.07. The number of halogens is 1. The standard InChI is InChI=1S/C9H10ClN3O2S2/c1-17(14,15)5-4-11-8-6(10)2-3-7-9(8)13-16-12-7/h2-3,11H,4-5H2,1H3. The van der Waals surface area contributed by atoms with Crippen molar-refractivity contribution < 1.29 is 8.42 Å². The van der Waals surface area contributed by atoms with Crippen molar-refractivity contribution in [3.05, 3.63) is 17.2 Å². The summed E-state index contributed by atoms with van der Waals surface area (Å²) < 4.78 is 30.3. The summed E-state index contributed by atoms with van der Waals surface area (Å²) in [4.78, 5) is 0. The lowest BCUT2D eigenvalue weighted by atomic mass is 10.2. The first-order chi connectivity index (χ1) is 7.97. The molecule has 2 aromatic rings. The number of fused-ring (bicyclic) bond motifs is 1. The molecule has 1 heterocycles. The van der Waals surface area contributed by atoms with Crippen molar-refractivity contribution in [3.8, 4) is 0 Å². The van der Waals surface area contributed by atoms with Crippen LogP contribution < -0.4 is 5.32 Å². The number of benzene rings is 1. The molecule has 0 aliphatic carbocycles. The van der Waals surface area contributed by atoms with E-state index in [9.17, 15) is 8.42 Å². The Kier molecular flexibility index (Phi) is 3.50. The van der Waals surface area contributed by atoms with Crippen LogP contribution in [0.4, 0.5) is 5.69 Å². The number of hydrogen-bond donors (Lipinski definition) is 1. The molecule has 0 bridgehead atoms. The quantitative estimate of drug-likeness (QED) is 0.930. The molecule has 0 fully saturated rings. The van der Waals surface area contributed by atoms with Crippen LogP contribution in [0.1, 0.15) is 0 Å². The molecule has 1 aromatic heterocycles. The molecule has 0 unspecified atom stereocenters. The zero-order valence-electron chi connectivity index (χ0n) is 8.97. The van der Waals surface area contributed by atoms with Crippen molar-refractivity contribution in [1.29, 1.82) is 0 Å². The highest BCUT2D eigenvalue weighted by molar-refractivity contribution is 7.90. The first-order valence-electron chi connectivity index (χ1n) is 4.80. The summed E-state index contributed by atoms with van der Waals surface area (Å²) in [5.74, 6) is 0.0529. The van der Waals surface area contributed by atoms with Gasteiger partial charge in [-0.25, -0.2) is 8.42 Å². The number of nitrogens with one attached hydrogen (secondary N) is 1. The fraction of sp³-hybridized carbons (Fsp3) is 0.333. The van der Waals surface area contributed by atoms with Crippen LogP contribution in [0.15, 0.2) is 12.1 Å². The van der Waals surface area contributed by atoms with Crippen LogP contribution in [0.25, 0.3) is 11.0 Å². The second kappa shape index (κ2) is 4.75. The second-order valence-electron chi connectivity index (χ2n) is 3.61. The van der Waals surface area contributed by atoms with Gasteiger partial charge in [0.2, 0.25) is 0 Å². The van der Waals surface area contributed by atoms with Gasteiger partial charge < -0.3 is 5.32 Å². The lowest BCUT2D eigenvalue weighted by Crippen LogP contribution is -2.14. The van der Waals surface area contributed by atoms with E-state index in [4.69, 9.17) is 11.6 Å². The van der Waals surface area contributed by atoms with Gasteiger partial charge in [0, 0.05) is 12.8 Å². The molecule has 2 rings (SSSR count). The molecule has 0 atom stereocenters. The lowest BCUT2D eigenvalue weighted by molar-refractivity contribution is 0.602. The Balaban J connectivity index is 2.23. The fourth-order valence-corrected chi connectivity index (χ4v) is 2.59. The van der Waals surface area contributed by atoms with Crippen molar-refractivity contribution in [3.63, 3.8) is 0 Å². The van der Waals surface area contributed by atoms with Gasteiger partial charge >= 0.3 is 0 Å². The summed E-state index contributed by atoms with van der Waals surface area (Å²) in [6.45, 7) is 0.301. The number of anilines is 1. The first kappa shape index (κ1) is 12.5. The third-order valence-electron chi connectivity index (χ3n) is 2.15.